The van der Waals surface area contributed by atoms with Crippen molar-refractivity contribution in [3.05, 3.63) is 0 Å². The summed E-state index contributed by atoms with van der Waals surface area (Å²) in [5.41, 5.74) is 0. The molecule has 0 aliphatic heterocycles. The highest BCUT2D eigenvalue weighted by molar-refractivity contribution is 4.82. The second kappa shape index (κ2) is 6.20. The summed E-state index contributed by atoms with van der Waals surface area (Å²) in [6.45, 7) is 3.27. The van der Waals surface area contributed by atoms with E-state index in [4.69, 9.17) is 0 Å². The predicted molar refractivity (Wildman–Crippen MR) is 62.6 cm³/mol. The minimum Gasteiger partial charge on any atom is -0.207 e. The van der Waals surface area contributed by atoms with E-state index in [0.717, 1.165) is 6.42 Å². The molecule has 2 saturated carbocycles. The molecule has 110 valence electrons. The first-order chi connectivity index (χ1) is 7.64. The fraction of sp³-hybridized carbons (Fsp3) is 1.00. The van der Waals surface area contributed by atoms with Crippen molar-refractivity contribution in [1.29, 1.82) is 0 Å². The van der Waals surface area contributed by atoms with Crippen LogP contribution in [0.15, 0.2) is 0 Å². The normalized spacial score (nSPS) is 33.8. The third-order valence-electron chi connectivity index (χ3n) is 3.91. The highest BCUT2D eigenvalue weighted by Crippen LogP contribution is 2.45. The van der Waals surface area contributed by atoms with Gasteiger partial charge >= 0.3 is 6.18 Å². The van der Waals surface area contributed by atoms with Gasteiger partial charge in [-0.25, -0.2) is 8.78 Å². The first kappa shape index (κ1) is 17.6. The van der Waals surface area contributed by atoms with E-state index in [9.17, 15) is 22.0 Å². The van der Waals surface area contributed by atoms with Crippen molar-refractivity contribution in [2.45, 2.75) is 65.5 Å². The lowest BCUT2D eigenvalue weighted by Gasteiger charge is -2.35. The maximum Gasteiger partial charge on any atom is 0.392 e. The van der Waals surface area contributed by atoms with Crippen molar-refractivity contribution in [3.63, 3.8) is 0 Å². The second-order valence-corrected chi connectivity index (χ2v) is 5.26. The molecule has 0 bridgehead atoms. The third kappa shape index (κ3) is 4.39. The van der Waals surface area contributed by atoms with Crippen LogP contribution < -0.4 is 0 Å². The van der Waals surface area contributed by atoms with Crippen LogP contribution >= 0.6 is 0 Å². The lowest BCUT2D eigenvalue weighted by Crippen LogP contribution is -2.36. The molecule has 2 aliphatic carbocycles. The van der Waals surface area contributed by atoms with Crippen LogP contribution in [0.4, 0.5) is 22.0 Å². The van der Waals surface area contributed by atoms with Gasteiger partial charge in [-0.05, 0) is 31.6 Å². The molecule has 2 aliphatic rings. The monoisotopic (exact) mass is 274 g/mol. The van der Waals surface area contributed by atoms with E-state index in [-0.39, 0.29) is 25.7 Å². The van der Waals surface area contributed by atoms with Gasteiger partial charge in [-0.2, -0.15) is 13.2 Å². The number of hydrogen-bond donors (Lipinski definition) is 0. The molecule has 0 aromatic rings. The molecular weight excluding hydrogens is 251 g/mol. The van der Waals surface area contributed by atoms with E-state index in [2.05, 4.69) is 0 Å². The Labute approximate surface area is 106 Å². The van der Waals surface area contributed by atoms with Crippen LogP contribution in [0, 0.1) is 17.8 Å². The SMILES string of the molecule is C.CC1CCC1C(F)(F)F.CC1CCCC1(F)F. The molecule has 18 heavy (non-hydrogen) atoms. The molecule has 0 saturated heterocycles. The van der Waals surface area contributed by atoms with Crippen LogP contribution in [-0.2, 0) is 0 Å². The number of rotatable bonds is 0. The van der Waals surface area contributed by atoms with Gasteiger partial charge in [-0.1, -0.05) is 21.3 Å². The summed E-state index contributed by atoms with van der Waals surface area (Å²) in [5, 5.41) is 0. The lowest BCUT2D eigenvalue weighted by molar-refractivity contribution is -0.210. The molecule has 2 rings (SSSR count). The Morgan fingerprint density at radius 1 is 1.00 bits per heavy atom. The Hall–Kier alpha value is -0.350. The van der Waals surface area contributed by atoms with E-state index in [0.29, 0.717) is 19.3 Å². The Morgan fingerprint density at radius 3 is 1.61 bits per heavy atom. The standard InChI is InChI=1S/C6H9F3.C6H10F2.CH4/c1-4-2-3-5(4)6(7,8)9;1-5-3-2-4-6(5,7)8;/h4-5H,2-3H2,1H3;5H,2-4H2,1H3;1H4. The van der Waals surface area contributed by atoms with Crippen LogP contribution in [0.25, 0.3) is 0 Å². The van der Waals surface area contributed by atoms with E-state index >= 15 is 0 Å². The Morgan fingerprint density at radius 2 is 1.56 bits per heavy atom. The first-order valence-electron chi connectivity index (χ1n) is 6.09. The topological polar surface area (TPSA) is 0 Å². The molecule has 0 heterocycles. The van der Waals surface area contributed by atoms with E-state index in [1.54, 1.807) is 13.8 Å². The van der Waals surface area contributed by atoms with Gasteiger partial charge in [-0.3, -0.25) is 0 Å². The van der Waals surface area contributed by atoms with Gasteiger partial charge in [0.15, 0.2) is 0 Å². The summed E-state index contributed by atoms with van der Waals surface area (Å²) >= 11 is 0. The molecule has 5 heteroatoms. The quantitative estimate of drug-likeness (QED) is 0.499. The van der Waals surface area contributed by atoms with Gasteiger partial charge in [0, 0.05) is 12.3 Å². The molecule has 0 nitrogen and oxygen atoms in total. The van der Waals surface area contributed by atoms with Gasteiger partial charge in [0.1, 0.15) is 0 Å². The first-order valence-corrected chi connectivity index (χ1v) is 6.09. The summed E-state index contributed by atoms with van der Waals surface area (Å²) < 4.78 is 59.9. The third-order valence-corrected chi connectivity index (χ3v) is 3.91. The number of hydrogen-bond acceptors (Lipinski definition) is 0. The molecule has 0 amide bonds. The highest BCUT2D eigenvalue weighted by Gasteiger charge is 2.47. The molecule has 0 N–H and O–H groups in total. The zero-order valence-corrected chi connectivity index (χ0v) is 10.2. The van der Waals surface area contributed by atoms with E-state index in [1.165, 1.54) is 0 Å². The van der Waals surface area contributed by atoms with Crippen LogP contribution in [0.5, 0.6) is 0 Å². The fourth-order valence-corrected chi connectivity index (χ4v) is 2.25. The second-order valence-electron chi connectivity index (χ2n) is 5.26. The van der Waals surface area contributed by atoms with Crippen molar-refractivity contribution in [3.8, 4) is 0 Å². The summed E-state index contributed by atoms with van der Waals surface area (Å²) in [4.78, 5) is 0. The molecule has 0 spiro atoms. The fourth-order valence-electron chi connectivity index (χ4n) is 2.25. The zero-order chi connectivity index (χ0) is 13.3. The average molecular weight is 274 g/mol. The summed E-state index contributed by atoms with van der Waals surface area (Å²) in [5.74, 6) is -3.86. The Balaban J connectivity index is 0.000000306. The molecule has 3 atom stereocenters. The Bertz CT molecular complexity index is 246. The zero-order valence-electron chi connectivity index (χ0n) is 10.2. The summed E-state index contributed by atoms with van der Waals surface area (Å²) in [6.07, 6.45) is -1.35. The van der Waals surface area contributed by atoms with E-state index < -0.39 is 18.0 Å². The number of halogens is 5. The smallest absolute Gasteiger partial charge is 0.207 e. The molecule has 0 aromatic carbocycles. The van der Waals surface area contributed by atoms with Crippen molar-refractivity contribution < 1.29 is 22.0 Å². The van der Waals surface area contributed by atoms with Crippen molar-refractivity contribution in [2.24, 2.45) is 17.8 Å². The molecule has 0 radical (unpaired) electrons. The van der Waals surface area contributed by atoms with Crippen LogP contribution in [0.2, 0.25) is 0 Å². The maximum atomic E-state index is 12.3. The van der Waals surface area contributed by atoms with Crippen molar-refractivity contribution in [1.82, 2.24) is 0 Å². The van der Waals surface area contributed by atoms with E-state index in [1.807, 2.05) is 0 Å². The summed E-state index contributed by atoms with van der Waals surface area (Å²) in [6, 6.07) is 0. The van der Waals surface area contributed by atoms with Crippen LogP contribution in [0.3, 0.4) is 0 Å². The molecule has 0 aromatic heterocycles. The minimum atomic E-state index is -3.93. The number of alkyl halides is 5. The van der Waals surface area contributed by atoms with Gasteiger partial charge in [0.2, 0.25) is 0 Å². The minimum absolute atomic E-state index is 0. The largest absolute Gasteiger partial charge is 0.392 e. The Kier molecular flexibility index (Phi) is 6.08. The van der Waals surface area contributed by atoms with Gasteiger partial charge < -0.3 is 0 Å². The van der Waals surface area contributed by atoms with Crippen LogP contribution in [-0.4, -0.2) is 12.1 Å². The van der Waals surface area contributed by atoms with Crippen molar-refractivity contribution >= 4 is 0 Å². The lowest BCUT2D eigenvalue weighted by atomic mass is 9.74. The van der Waals surface area contributed by atoms with Crippen molar-refractivity contribution in [2.75, 3.05) is 0 Å². The summed E-state index contributed by atoms with van der Waals surface area (Å²) in [7, 11) is 0. The van der Waals surface area contributed by atoms with Gasteiger partial charge in [0.25, 0.3) is 5.92 Å². The predicted octanol–water partition coefficient (Wildman–Crippen LogP) is 5.67. The average Bonchev–Trinajstić information content (AvgIpc) is 2.41. The molecule has 3 unspecified atom stereocenters. The van der Waals surface area contributed by atoms with Crippen LogP contribution in [0.1, 0.15) is 53.4 Å². The molecular formula is C13H23F5. The molecule has 2 fully saturated rings. The maximum absolute atomic E-state index is 12.3. The van der Waals surface area contributed by atoms with Gasteiger partial charge in [0.05, 0.1) is 5.92 Å². The highest BCUT2D eigenvalue weighted by atomic mass is 19.4. The van der Waals surface area contributed by atoms with Gasteiger partial charge in [-0.15, -0.1) is 0 Å².